The Balaban J connectivity index is 2.44. The highest BCUT2D eigenvalue weighted by atomic mass is 16.4. The molecular formula is C9H16O2. The number of carboxylic acid groups (broad SMARTS) is 1. The molecule has 1 fully saturated rings. The summed E-state index contributed by atoms with van der Waals surface area (Å²) in [4.78, 5) is 10.5. The first kappa shape index (κ1) is 8.57. The van der Waals surface area contributed by atoms with Gasteiger partial charge < -0.3 is 5.11 Å². The summed E-state index contributed by atoms with van der Waals surface area (Å²) in [6.45, 7) is 6.51. The molecule has 1 rings (SSSR count). The molecule has 64 valence electrons. The van der Waals surface area contributed by atoms with Crippen LogP contribution < -0.4 is 0 Å². The van der Waals surface area contributed by atoms with Crippen LogP contribution in [0.1, 0.15) is 33.6 Å². The molecule has 0 spiro atoms. The molecule has 0 unspecified atom stereocenters. The monoisotopic (exact) mass is 156 g/mol. The Bertz CT molecular complexity index is 166. The minimum atomic E-state index is -0.622. The van der Waals surface area contributed by atoms with Crippen molar-refractivity contribution in [2.75, 3.05) is 0 Å². The summed E-state index contributed by atoms with van der Waals surface area (Å²) in [6, 6.07) is 0. The van der Waals surface area contributed by atoms with Crippen LogP contribution in [0.5, 0.6) is 0 Å². The van der Waals surface area contributed by atoms with Gasteiger partial charge in [0, 0.05) is 0 Å². The van der Waals surface area contributed by atoms with E-state index in [0.29, 0.717) is 11.3 Å². The fourth-order valence-electron chi connectivity index (χ4n) is 1.71. The van der Waals surface area contributed by atoms with Gasteiger partial charge in [0.2, 0.25) is 0 Å². The van der Waals surface area contributed by atoms with E-state index < -0.39 is 5.97 Å². The van der Waals surface area contributed by atoms with E-state index in [1.54, 1.807) is 0 Å². The van der Waals surface area contributed by atoms with E-state index in [1.807, 2.05) is 0 Å². The Kier molecular flexibility index (Phi) is 1.95. The van der Waals surface area contributed by atoms with Gasteiger partial charge in [-0.1, -0.05) is 20.8 Å². The van der Waals surface area contributed by atoms with Crippen molar-refractivity contribution in [2.45, 2.75) is 33.6 Å². The zero-order valence-corrected chi connectivity index (χ0v) is 7.42. The second-order valence-electron chi connectivity index (χ2n) is 4.25. The van der Waals surface area contributed by atoms with Crippen LogP contribution in [-0.2, 0) is 4.79 Å². The fourth-order valence-corrected chi connectivity index (χ4v) is 1.71. The molecule has 0 aromatic carbocycles. The third-order valence-electron chi connectivity index (χ3n) is 3.17. The predicted octanol–water partition coefficient (Wildman–Crippen LogP) is 2.14. The third-order valence-corrected chi connectivity index (χ3v) is 3.17. The Morgan fingerprint density at radius 2 is 2.00 bits per heavy atom. The van der Waals surface area contributed by atoms with E-state index in [2.05, 4.69) is 20.8 Å². The van der Waals surface area contributed by atoms with Crippen LogP contribution in [0.2, 0.25) is 0 Å². The molecule has 1 aliphatic rings. The largest absolute Gasteiger partial charge is 0.481 e. The second kappa shape index (κ2) is 2.50. The van der Waals surface area contributed by atoms with Crippen molar-refractivity contribution in [3.05, 3.63) is 0 Å². The first-order chi connectivity index (χ1) is 4.96. The molecule has 1 N–H and O–H groups in total. The molecule has 0 bridgehead atoms. The van der Waals surface area contributed by atoms with Crippen molar-refractivity contribution >= 4 is 5.97 Å². The number of hydrogen-bond acceptors (Lipinski definition) is 1. The van der Waals surface area contributed by atoms with E-state index in [0.717, 1.165) is 12.8 Å². The molecule has 0 radical (unpaired) electrons. The van der Waals surface area contributed by atoms with Gasteiger partial charge in [0.15, 0.2) is 0 Å². The first-order valence-electron chi connectivity index (χ1n) is 4.18. The molecule has 0 heterocycles. The lowest BCUT2D eigenvalue weighted by Gasteiger charge is -2.46. The molecule has 0 atom stereocenters. The highest BCUT2D eigenvalue weighted by molar-refractivity contribution is 5.71. The minimum absolute atomic E-state index is 0.0672. The van der Waals surface area contributed by atoms with Crippen molar-refractivity contribution in [3.63, 3.8) is 0 Å². The number of aliphatic carboxylic acids is 1. The minimum Gasteiger partial charge on any atom is -0.481 e. The van der Waals surface area contributed by atoms with Crippen LogP contribution >= 0.6 is 0 Å². The SMILES string of the molecule is CC(C)C1(C)CC(C(=O)O)C1. The number of rotatable bonds is 2. The molecule has 1 aliphatic carbocycles. The lowest BCUT2D eigenvalue weighted by atomic mass is 9.58. The van der Waals surface area contributed by atoms with Gasteiger partial charge in [0.05, 0.1) is 5.92 Å². The molecule has 1 saturated carbocycles. The van der Waals surface area contributed by atoms with Crippen LogP contribution in [0.3, 0.4) is 0 Å². The van der Waals surface area contributed by atoms with Crippen LogP contribution in [-0.4, -0.2) is 11.1 Å². The Hall–Kier alpha value is -0.530. The van der Waals surface area contributed by atoms with Crippen molar-refractivity contribution in [2.24, 2.45) is 17.3 Å². The van der Waals surface area contributed by atoms with Crippen LogP contribution in [0, 0.1) is 17.3 Å². The fraction of sp³-hybridized carbons (Fsp3) is 0.889. The van der Waals surface area contributed by atoms with Gasteiger partial charge >= 0.3 is 5.97 Å². The summed E-state index contributed by atoms with van der Waals surface area (Å²) in [5.74, 6) is -0.0800. The summed E-state index contributed by atoms with van der Waals surface area (Å²) in [7, 11) is 0. The van der Waals surface area contributed by atoms with Gasteiger partial charge in [-0.05, 0) is 24.2 Å². The van der Waals surface area contributed by atoms with Gasteiger partial charge in [-0.25, -0.2) is 0 Å². The van der Waals surface area contributed by atoms with E-state index in [4.69, 9.17) is 5.11 Å². The van der Waals surface area contributed by atoms with Gasteiger partial charge in [-0.15, -0.1) is 0 Å². The summed E-state index contributed by atoms with van der Waals surface area (Å²) in [5, 5.41) is 8.65. The summed E-state index contributed by atoms with van der Waals surface area (Å²) < 4.78 is 0. The lowest BCUT2D eigenvalue weighted by Crippen LogP contribution is -2.42. The van der Waals surface area contributed by atoms with E-state index >= 15 is 0 Å². The molecule has 0 saturated heterocycles. The summed E-state index contributed by atoms with van der Waals surface area (Å²) >= 11 is 0. The molecule has 2 heteroatoms. The molecule has 11 heavy (non-hydrogen) atoms. The summed E-state index contributed by atoms with van der Waals surface area (Å²) in [6.07, 6.45) is 1.72. The third kappa shape index (κ3) is 1.39. The molecule has 0 aromatic rings. The van der Waals surface area contributed by atoms with E-state index in [9.17, 15) is 4.79 Å². The highest BCUT2D eigenvalue weighted by Gasteiger charge is 2.45. The number of carboxylic acids is 1. The Labute approximate surface area is 67.6 Å². The van der Waals surface area contributed by atoms with Gasteiger partial charge in [0.25, 0.3) is 0 Å². The molecular weight excluding hydrogens is 140 g/mol. The normalized spacial score (nSPS) is 36.9. The van der Waals surface area contributed by atoms with Gasteiger partial charge in [-0.3, -0.25) is 4.79 Å². The van der Waals surface area contributed by atoms with E-state index in [-0.39, 0.29) is 5.92 Å². The van der Waals surface area contributed by atoms with Gasteiger partial charge in [-0.2, -0.15) is 0 Å². The molecule has 0 aromatic heterocycles. The van der Waals surface area contributed by atoms with Crippen molar-refractivity contribution < 1.29 is 9.90 Å². The topological polar surface area (TPSA) is 37.3 Å². The van der Waals surface area contributed by atoms with Crippen molar-refractivity contribution in [1.82, 2.24) is 0 Å². The van der Waals surface area contributed by atoms with Gasteiger partial charge in [0.1, 0.15) is 0 Å². The lowest BCUT2D eigenvalue weighted by molar-refractivity contribution is -0.151. The maximum absolute atomic E-state index is 10.5. The summed E-state index contributed by atoms with van der Waals surface area (Å²) in [5.41, 5.74) is 0.295. The average molecular weight is 156 g/mol. The maximum atomic E-state index is 10.5. The molecule has 0 aliphatic heterocycles. The number of hydrogen-bond donors (Lipinski definition) is 1. The standard InChI is InChI=1S/C9H16O2/c1-6(2)9(3)4-7(5-9)8(10)11/h6-7H,4-5H2,1-3H3,(H,10,11). The predicted molar refractivity (Wildman–Crippen MR) is 43.3 cm³/mol. The molecule has 2 nitrogen and oxygen atoms in total. The van der Waals surface area contributed by atoms with Crippen LogP contribution in [0.25, 0.3) is 0 Å². The van der Waals surface area contributed by atoms with Crippen LogP contribution in [0.15, 0.2) is 0 Å². The Morgan fingerprint density at radius 1 is 1.55 bits per heavy atom. The smallest absolute Gasteiger partial charge is 0.306 e. The molecule has 0 amide bonds. The first-order valence-corrected chi connectivity index (χ1v) is 4.18. The van der Waals surface area contributed by atoms with Crippen molar-refractivity contribution in [1.29, 1.82) is 0 Å². The quantitative estimate of drug-likeness (QED) is 0.665. The zero-order chi connectivity index (χ0) is 8.65. The van der Waals surface area contributed by atoms with Crippen LogP contribution in [0.4, 0.5) is 0 Å². The maximum Gasteiger partial charge on any atom is 0.306 e. The van der Waals surface area contributed by atoms with Crippen molar-refractivity contribution in [3.8, 4) is 0 Å². The average Bonchev–Trinajstić information content (AvgIpc) is 1.79. The number of carbonyl (C=O) groups is 1. The second-order valence-corrected chi connectivity index (χ2v) is 4.25. The highest BCUT2D eigenvalue weighted by Crippen LogP contribution is 2.50. The Morgan fingerprint density at radius 3 is 2.27 bits per heavy atom. The van der Waals surface area contributed by atoms with E-state index in [1.165, 1.54) is 0 Å². The zero-order valence-electron chi connectivity index (χ0n) is 7.42.